The number of hydrogen-bond donors (Lipinski definition) is 1. The normalized spacial score (nSPS) is 16.2. The molecule has 0 fully saturated rings. The molecule has 5 rings (SSSR count). The fourth-order valence-electron chi connectivity index (χ4n) is 5.67. The molecule has 1 N–H and O–H groups in total. The van der Waals surface area contributed by atoms with Crippen molar-refractivity contribution < 1.29 is 23.8 Å². The van der Waals surface area contributed by atoms with Gasteiger partial charge in [0, 0.05) is 43.8 Å². The molecule has 2 aliphatic rings. The van der Waals surface area contributed by atoms with E-state index in [-0.39, 0.29) is 30.4 Å². The average molecular weight is 541 g/mol. The number of nitrogens with one attached hydrogen (secondary N) is 1. The third kappa shape index (κ3) is 5.28. The highest BCUT2D eigenvalue weighted by Crippen LogP contribution is 2.54. The Balaban J connectivity index is 1.60. The summed E-state index contributed by atoms with van der Waals surface area (Å²) >= 11 is 0. The molecule has 0 radical (unpaired) electrons. The van der Waals surface area contributed by atoms with Crippen molar-refractivity contribution in [3.8, 4) is 28.4 Å². The first-order chi connectivity index (χ1) is 19.1. The molecule has 7 heteroatoms. The number of ether oxygens (including phenoxy) is 3. The maximum atomic E-state index is 12.7. The monoisotopic (exact) mass is 540 g/mol. The SMILES string of the molecule is COc1c(OC(=O)CCC(=O)N(C)C)ccc2c1-c1ccc3c(c1C(Cc1ccccc1)O2)C(C)=CC(C)(C)N3. The summed E-state index contributed by atoms with van der Waals surface area (Å²) in [6.45, 7) is 6.45. The summed E-state index contributed by atoms with van der Waals surface area (Å²) in [6.07, 6.45) is 2.76. The van der Waals surface area contributed by atoms with Crippen molar-refractivity contribution in [2.24, 2.45) is 0 Å². The number of allylic oxidation sites excluding steroid dienone is 1. The number of carbonyl (C=O) groups excluding carboxylic acids is 2. The van der Waals surface area contributed by atoms with Gasteiger partial charge in [0.25, 0.3) is 0 Å². The van der Waals surface area contributed by atoms with E-state index in [9.17, 15) is 9.59 Å². The van der Waals surface area contributed by atoms with Gasteiger partial charge in [-0.25, -0.2) is 0 Å². The Hall–Kier alpha value is -4.26. The van der Waals surface area contributed by atoms with Gasteiger partial charge in [0.2, 0.25) is 5.91 Å². The van der Waals surface area contributed by atoms with Crippen LogP contribution in [0, 0.1) is 0 Å². The average Bonchev–Trinajstić information content (AvgIpc) is 2.91. The zero-order chi connectivity index (χ0) is 28.6. The largest absolute Gasteiger partial charge is 0.492 e. The summed E-state index contributed by atoms with van der Waals surface area (Å²) in [4.78, 5) is 26.1. The zero-order valence-corrected chi connectivity index (χ0v) is 24.0. The van der Waals surface area contributed by atoms with Crippen LogP contribution in [0.1, 0.15) is 56.4 Å². The zero-order valence-electron chi connectivity index (χ0n) is 24.0. The second kappa shape index (κ2) is 10.7. The maximum absolute atomic E-state index is 12.7. The van der Waals surface area contributed by atoms with Gasteiger partial charge in [-0.15, -0.1) is 0 Å². The van der Waals surface area contributed by atoms with Crippen molar-refractivity contribution in [1.29, 1.82) is 0 Å². The standard InChI is InChI=1S/C33H36N2O5/c1-20-19-33(2,3)34-23-13-12-22-30(29(20)23)26(18-21-10-8-7-9-11-21)39-24-14-15-25(32(38-6)31(22)24)40-28(37)17-16-27(36)35(4)5/h7-15,19,26,34H,16-18H2,1-6H3. The lowest BCUT2D eigenvalue weighted by molar-refractivity contribution is -0.138. The number of esters is 1. The highest BCUT2D eigenvalue weighted by molar-refractivity contribution is 5.93. The Labute approximate surface area is 235 Å². The van der Waals surface area contributed by atoms with E-state index in [1.807, 2.05) is 24.3 Å². The Kier molecular flexibility index (Phi) is 7.32. The van der Waals surface area contributed by atoms with Crippen LogP contribution in [-0.2, 0) is 16.0 Å². The van der Waals surface area contributed by atoms with Crippen molar-refractivity contribution in [2.75, 3.05) is 26.5 Å². The molecule has 208 valence electrons. The summed E-state index contributed by atoms with van der Waals surface area (Å²) in [5.74, 6) is 0.756. The molecular formula is C33H36N2O5. The van der Waals surface area contributed by atoms with E-state index in [0.29, 0.717) is 23.7 Å². The molecule has 0 bridgehead atoms. The van der Waals surface area contributed by atoms with Gasteiger partial charge in [0.05, 0.1) is 24.6 Å². The fourth-order valence-corrected chi connectivity index (χ4v) is 5.67. The van der Waals surface area contributed by atoms with Crippen LogP contribution < -0.4 is 19.5 Å². The number of fused-ring (bicyclic) bond motifs is 5. The number of carbonyl (C=O) groups is 2. The molecule has 2 aliphatic heterocycles. The number of methoxy groups -OCH3 is 1. The van der Waals surface area contributed by atoms with E-state index in [0.717, 1.165) is 27.9 Å². The van der Waals surface area contributed by atoms with Crippen molar-refractivity contribution in [2.45, 2.75) is 51.7 Å². The molecule has 40 heavy (non-hydrogen) atoms. The minimum absolute atomic E-state index is 0.0254. The number of anilines is 1. The lowest BCUT2D eigenvalue weighted by Gasteiger charge is -2.37. The van der Waals surface area contributed by atoms with Crippen LogP contribution >= 0.6 is 0 Å². The summed E-state index contributed by atoms with van der Waals surface area (Å²) < 4.78 is 18.3. The van der Waals surface area contributed by atoms with Crippen molar-refractivity contribution in [1.82, 2.24) is 4.90 Å². The van der Waals surface area contributed by atoms with Crippen molar-refractivity contribution in [3.05, 3.63) is 77.4 Å². The van der Waals surface area contributed by atoms with Gasteiger partial charge in [0.15, 0.2) is 11.5 Å². The second-order valence-electron chi connectivity index (χ2n) is 11.2. The quantitative estimate of drug-likeness (QED) is 0.275. The number of nitrogens with zero attached hydrogens (tertiary/aromatic N) is 1. The van der Waals surface area contributed by atoms with E-state index < -0.39 is 5.97 Å². The molecule has 2 heterocycles. The molecule has 3 aromatic rings. The number of hydrogen-bond acceptors (Lipinski definition) is 6. The Morgan fingerprint density at radius 2 is 1.75 bits per heavy atom. The van der Waals surface area contributed by atoms with E-state index in [1.165, 1.54) is 16.0 Å². The Morgan fingerprint density at radius 3 is 2.45 bits per heavy atom. The molecule has 3 aromatic carbocycles. The van der Waals surface area contributed by atoms with Crippen LogP contribution in [0.2, 0.25) is 0 Å². The Bertz CT molecular complexity index is 1490. The third-order valence-electron chi connectivity index (χ3n) is 7.35. The van der Waals surface area contributed by atoms with Crippen molar-refractivity contribution in [3.63, 3.8) is 0 Å². The molecule has 7 nitrogen and oxygen atoms in total. The van der Waals surface area contributed by atoms with Gasteiger partial charge in [0.1, 0.15) is 11.9 Å². The predicted octanol–water partition coefficient (Wildman–Crippen LogP) is 6.42. The van der Waals surface area contributed by atoms with Crippen LogP contribution in [0.15, 0.2) is 60.7 Å². The highest BCUT2D eigenvalue weighted by atomic mass is 16.6. The van der Waals surface area contributed by atoms with Crippen LogP contribution in [0.5, 0.6) is 17.2 Å². The van der Waals surface area contributed by atoms with E-state index in [2.05, 4.69) is 56.4 Å². The van der Waals surface area contributed by atoms with Crippen LogP contribution in [-0.4, -0.2) is 43.5 Å². The smallest absolute Gasteiger partial charge is 0.311 e. The second-order valence-corrected chi connectivity index (χ2v) is 11.2. The van der Waals surface area contributed by atoms with Crippen LogP contribution in [0.4, 0.5) is 5.69 Å². The van der Waals surface area contributed by atoms with E-state index in [1.54, 1.807) is 27.3 Å². The third-order valence-corrected chi connectivity index (χ3v) is 7.35. The summed E-state index contributed by atoms with van der Waals surface area (Å²) in [6, 6.07) is 18.0. The predicted molar refractivity (Wildman–Crippen MR) is 157 cm³/mol. The van der Waals surface area contributed by atoms with E-state index >= 15 is 0 Å². The number of rotatable bonds is 7. The minimum atomic E-state index is -0.497. The molecular weight excluding hydrogens is 504 g/mol. The van der Waals surface area contributed by atoms with Gasteiger partial charge in [-0.2, -0.15) is 0 Å². The molecule has 1 amide bonds. The molecule has 0 saturated carbocycles. The molecule has 1 unspecified atom stereocenters. The Morgan fingerprint density at radius 1 is 1.00 bits per heavy atom. The summed E-state index contributed by atoms with van der Waals surface area (Å²) in [5.41, 5.74) is 7.15. The molecule has 1 atom stereocenters. The van der Waals surface area contributed by atoms with Crippen molar-refractivity contribution >= 4 is 23.1 Å². The van der Waals surface area contributed by atoms with Gasteiger partial charge in [-0.05, 0) is 55.7 Å². The molecule has 0 spiro atoms. The number of amides is 1. The topological polar surface area (TPSA) is 77.1 Å². The van der Waals surface area contributed by atoms with Crippen LogP contribution in [0.3, 0.4) is 0 Å². The highest BCUT2D eigenvalue weighted by Gasteiger charge is 2.36. The molecule has 0 aromatic heterocycles. The number of benzene rings is 3. The molecule has 0 saturated heterocycles. The first kappa shape index (κ1) is 27.3. The molecule has 0 aliphatic carbocycles. The maximum Gasteiger partial charge on any atom is 0.311 e. The summed E-state index contributed by atoms with van der Waals surface area (Å²) in [5, 5.41) is 3.66. The lowest BCUT2D eigenvalue weighted by atomic mass is 9.80. The fraction of sp³-hybridized carbons (Fsp3) is 0.333. The first-order valence-electron chi connectivity index (χ1n) is 13.6. The van der Waals surface area contributed by atoms with Gasteiger partial charge in [-0.1, -0.05) is 42.5 Å². The van der Waals surface area contributed by atoms with E-state index in [4.69, 9.17) is 14.2 Å². The van der Waals surface area contributed by atoms with Gasteiger partial charge in [-0.3, -0.25) is 9.59 Å². The summed E-state index contributed by atoms with van der Waals surface area (Å²) in [7, 11) is 4.88. The van der Waals surface area contributed by atoms with Gasteiger partial charge < -0.3 is 24.4 Å². The van der Waals surface area contributed by atoms with Gasteiger partial charge >= 0.3 is 5.97 Å². The minimum Gasteiger partial charge on any atom is -0.492 e. The first-order valence-corrected chi connectivity index (χ1v) is 13.6. The lowest BCUT2D eigenvalue weighted by Crippen LogP contribution is -2.32. The van der Waals surface area contributed by atoms with Crippen LogP contribution in [0.25, 0.3) is 16.7 Å².